The highest BCUT2D eigenvalue weighted by Crippen LogP contribution is 2.39. The van der Waals surface area contributed by atoms with Crippen LogP contribution in [-0.2, 0) is 27.2 Å². The third kappa shape index (κ3) is 9.49. The lowest BCUT2D eigenvalue weighted by molar-refractivity contribution is -0.116. The minimum atomic E-state index is -0.485. The highest BCUT2D eigenvalue weighted by atomic mass is 32.2. The molecule has 49 heavy (non-hydrogen) atoms. The van der Waals surface area contributed by atoms with Gasteiger partial charge in [0.25, 0.3) is 11.8 Å². The minimum absolute atomic E-state index is 0.0910. The molecule has 254 valence electrons. The summed E-state index contributed by atoms with van der Waals surface area (Å²) in [6.07, 6.45) is 7.07. The second-order valence-electron chi connectivity index (χ2n) is 11.8. The van der Waals surface area contributed by atoms with Gasteiger partial charge in [0.15, 0.2) is 0 Å². The van der Waals surface area contributed by atoms with Crippen LogP contribution in [0.4, 0.5) is 10.7 Å². The van der Waals surface area contributed by atoms with Gasteiger partial charge in [0.2, 0.25) is 5.91 Å². The molecule has 10 heteroatoms. The third-order valence-corrected chi connectivity index (χ3v) is 10.7. The van der Waals surface area contributed by atoms with E-state index < -0.39 is 23.0 Å². The van der Waals surface area contributed by atoms with Crippen molar-refractivity contribution in [2.75, 3.05) is 17.2 Å². The fourth-order valence-electron chi connectivity index (χ4n) is 5.55. The van der Waals surface area contributed by atoms with Crippen molar-refractivity contribution in [3.8, 4) is 0 Å². The summed E-state index contributed by atoms with van der Waals surface area (Å²) in [5.41, 5.74) is 4.38. The van der Waals surface area contributed by atoms with Gasteiger partial charge in [-0.25, -0.2) is 4.79 Å². The molecule has 1 atom stereocenters. The van der Waals surface area contributed by atoms with Gasteiger partial charge in [0.1, 0.15) is 10.7 Å². The van der Waals surface area contributed by atoms with Crippen LogP contribution < -0.4 is 16.0 Å². The molecule has 1 aliphatic rings. The second kappa shape index (κ2) is 17.1. The van der Waals surface area contributed by atoms with Crippen LogP contribution in [0, 0.1) is 6.92 Å². The smallest absolute Gasteiger partial charge is 0.341 e. The average Bonchev–Trinajstić information content (AvgIpc) is 3.27. The van der Waals surface area contributed by atoms with Gasteiger partial charge in [-0.1, -0.05) is 67.4 Å². The number of fused-ring (bicyclic) bond motifs is 1. The van der Waals surface area contributed by atoms with Gasteiger partial charge < -0.3 is 20.7 Å². The second-order valence-corrected chi connectivity index (χ2v) is 14.1. The number of ether oxygens (including phenoxy) is 1. The predicted molar refractivity (Wildman–Crippen MR) is 198 cm³/mol. The maximum Gasteiger partial charge on any atom is 0.341 e. The van der Waals surface area contributed by atoms with Crippen molar-refractivity contribution < 1.29 is 23.9 Å². The molecule has 0 saturated heterocycles. The summed E-state index contributed by atoms with van der Waals surface area (Å²) in [5.74, 6) is -1.47. The Balaban J connectivity index is 1.31. The van der Waals surface area contributed by atoms with Crippen LogP contribution in [0.15, 0.2) is 89.5 Å². The summed E-state index contributed by atoms with van der Waals surface area (Å²) >= 11 is 2.86. The van der Waals surface area contributed by atoms with Crippen molar-refractivity contribution in [2.24, 2.45) is 0 Å². The Hall–Kier alpha value is -4.67. The number of carbonyl (C=O) groups is 4. The zero-order valence-electron chi connectivity index (χ0n) is 28.0. The standard InChI is InChI=1S/C39H41N3O5S2/c1-4-32(37(45)42-38-34(39(46)47-5-2)30-17-10-7-11-18-33(30)49-38)48-29-16-12-15-28(24-29)40-36(44)31(23-26-21-19-25(3)20-22-26)41-35(43)27-13-8-6-9-14-27/h6,8-9,12-16,19-24,32H,4-5,7,10-11,17-18H2,1-3H3,(H,40,44)(H,41,43)(H,42,45)/b31-23+. The molecule has 1 aliphatic carbocycles. The summed E-state index contributed by atoms with van der Waals surface area (Å²) in [5, 5.41) is 8.84. The normalized spacial score (nSPS) is 13.4. The number of benzene rings is 3. The van der Waals surface area contributed by atoms with E-state index in [1.54, 1.807) is 49.4 Å². The van der Waals surface area contributed by atoms with Crippen molar-refractivity contribution in [2.45, 2.75) is 69.4 Å². The molecule has 0 saturated carbocycles. The number of esters is 1. The SMILES string of the molecule is CCOC(=O)c1c(NC(=O)C(CC)Sc2cccc(NC(=O)/C(=C\c3ccc(C)cc3)NC(=O)c3ccccc3)c2)sc2c1CCCCC2. The molecule has 0 fully saturated rings. The lowest BCUT2D eigenvalue weighted by Gasteiger charge is -2.16. The van der Waals surface area contributed by atoms with Crippen molar-refractivity contribution in [1.29, 1.82) is 0 Å². The first-order valence-electron chi connectivity index (χ1n) is 16.6. The summed E-state index contributed by atoms with van der Waals surface area (Å²) in [6, 6.07) is 23.6. The highest BCUT2D eigenvalue weighted by Gasteiger charge is 2.28. The van der Waals surface area contributed by atoms with Crippen molar-refractivity contribution in [3.05, 3.63) is 117 Å². The number of anilines is 2. The van der Waals surface area contributed by atoms with Gasteiger partial charge in [0, 0.05) is 21.0 Å². The third-order valence-electron chi connectivity index (χ3n) is 8.09. The minimum Gasteiger partial charge on any atom is -0.462 e. The molecule has 4 aromatic rings. The van der Waals surface area contributed by atoms with E-state index in [4.69, 9.17) is 4.74 Å². The molecule has 0 radical (unpaired) electrons. The summed E-state index contributed by atoms with van der Waals surface area (Å²) in [7, 11) is 0. The van der Waals surface area contributed by atoms with Crippen LogP contribution in [-0.4, -0.2) is 35.5 Å². The zero-order valence-corrected chi connectivity index (χ0v) is 29.6. The number of rotatable bonds is 12. The molecule has 3 aromatic carbocycles. The van der Waals surface area contributed by atoms with Gasteiger partial charge in [0.05, 0.1) is 17.4 Å². The Morgan fingerprint density at radius 2 is 1.65 bits per heavy atom. The number of hydrogen-bond acceptors (Lipinski definition) is 7. The Morgan fingerprint density at radius 3 is 2.39 bits per heavy atom. The van der Waals surface area contributed by atoms with E-state index in [0.29, 0.717) is 28.2 Å². The molecule has 8 nitrogen and oxygen atoms in total. The lowest BCUT2D eigenvalue weighted by Crippen LogP contribution is -2.30. The fraction of sp³-hybridized carbons (Fsp3) is 0.282. The van der Waals surface area contributed by atoms with E-state index >= 15 is 0 Å². The first kappa shape index (κ1) is 35.6. The molecule has 3 amide bonds. The summed E-state index contributed by atoms with van der Waals surface area (Å²) in [4.78, 5) is 55.2. The summed E-state index contributed by atoms with van der Waals surface area (Å²) < 4.78 is 5.39. The molecular formula is C39H41N3O5S2. The quantitative estimate of drug-likeness (QED) is 0.0594. The first-order valence-corrected chi connectivity index (χ1v) is 18.3. The van der Waals surface area contributed by atoms with Crippen molar-refractivity contribution in [3.63, 3.8) is 0 Å². The van der Waals surface area contributed by atoms with Crippen molar-refractivity contribution >= 4 is 63.6 Å². The van der Waals surface area contributed by atoms with Crippen LogP contribution in [0.25, 0.3) is 6.08 Å². The largest absolute Gasteiger partial charge is 0.462 e. The average molecular weight is 696 g/mol. The van der Waals surface area contributed by atoms with E-state index in [2.05, 4.69) is 16.0 Å². The molecule has 0 bridgehead atoms. The maximum atomic E-state index is 13.6. The molecule has 1 heterocycles. The van der Waals surface area contributed by atoms with E-state index in [-0.39, 0.29) is 18.2 Å². The maximum absolute atomic E-state index is 13.6. The zero-order chi connectivity index (χ0) is 34.8. The van der Waals surface area contributed by atoms with Crippen LogP contribution in [0.2, 0.25) is 0 Å². The topological polar surface area (TPSA) is 114 Å². The van der Waals surface area contributed by atoms with Gasteiger partial charge >= 0.3 is 5.97 Å². The molecule has 1 unspecified atom stereocenters. The predicted octanol–water partition coefficient (Wildman–Crippen LogP) is 8.42. The Morgan fingerprint density at radius 1 is 0.898 bits per heavy atom. The van der Waals surface area contributed by atoms with Crippen molar-refractivity contribution in [1.82, 2.24) is 5.32 Å². The molecule has 1 aromatic heterocycles. The number of amides is 3. The Bertz CT molecular complexity index is 1830. The molecular weight excluding hydrogens is 655 g/mol. The molecule has 0 spiro atoms. The van der Waals surface area contributed by atoms with Crippen LogP contribution in [0.5, 0.6) is 0 Å². The Kier molecular flexibility index (Phi) is 12.5. The highest BCUT2D eigenvalue weighted by molar-refractivity contribution is 8.00. The van der Waals surface area contributed by atoms with Gasteiger partial charge in [-0.2, -0.15) is 0 Å². The van der Waals surface area contributed by atoms with Gasteiger partial charge in [-0.05, 0) is 93.5 Å². The number of carbonyl (C=O) groups excluding carboxylic acids is 4. The number of thioether (sulfide) groups is 1. The van der Waals surface area contributed by atoms with E-state index in [0.717, 1.165) is 58.6 Å². The monoisotopic (exact) mass is 695 g/mol. The number of nitrogens with one attached hydrogen (secondary N) is 3. The first-order chi connectivity index (χ1) is 23.7. The molecule has 5 rings (SSSR count). The number of hydrogen-bond donors (Lipinski definition) is 3. The number of thiophene rings is 1. The van der Waals surface area contributed by atoms with E-state index in [1.807, 2.05) is 56.3 Å². The fourth-order valence-corrected chi connectivity index (χ4v) is 7.84. The van der Waals surface area contributed by atoms with E-state index in [1.165, 1.54) is 23.1 Å². The molecule has 0 aliphatic heterocycles. The van der Waals surface area contributed by atoms with Crippen LogP contribution in [0.1, 0.15) is 81.8 Å². The van der Waals surface area contributed by atoms with Crippen LogP contribution >= 0.6 is 23.1 Å². The van der Waals surface area contributed by atoms with Crippen LogP contribution in [0.3, 0.4) is 0 Å². The summed E-state index contributed by atoms with van der Waals surface area (Å²) in [6.45, 7) is 5.96. The van der Waals surface area contributed by atoms with Gasteiger partial charge in [-0.3, -0.25) is 14.4 Å². The number of aryl methyl sites for hydroxylation is 2. The lowest BCUT2D eigenvalue weighted by atomic mass is 10.1. The Labute approximate surface area is 295 Å². The van der Waals surface area contributed by atoms with Gasteiger partial charge in [-0.15, -0.1) is 23.1 Å². The molecule has 3 N–H and O–H groups in total. The van der Waals surface area contributed by atoms with E-state index in [9.17, 15) is 19.2 Å².